The van der Waals surface area contributed by atoms with E-state index < -0.39 is 11.6 Å². The highest BCUT2D eigenvalue weighted by Crippen LogP contribution is 2.31. The Kier molecular flexibility index (Phi) is 4.40. The zero-order valence-electron chi connectivity index (χ0n) is 9.66. The van der Waals surface area contributed by atoms with Gasteiger partial charge in [-0.25, -0.2) is 8.78 Å². The summed E-state index contributed by atoms with van der Waals surface area (Å²) in [5.74, 6) is -0.390. The van der Waals surface area contributed by atoms with E-state index in [-0.39, 0.29) is 6.04 Å². The van der Waals surface area contributed by atoms with Crippen LogP contribution >= 0.6 is 11.8 Å². The summed E-state index contributed by atoms with van der Waals surface area (Å²) >= 11 is 1.81. The Morgan fingerprint density at radius 3 is 2.65 bits per heavy atom. The second kappa shape index (κ2) is 5.83. The maximum atomic E-state index is 13.5. The van der Waals surface area contributed by atoms with E-state index >= 15 is 0 Å². The normalized spacial score (nSPS) is 18.5. The summed E-state index contributed by atoms with van der Waals surface area (Å²) in [7, 11) is 0. The third-order valence-corrected chi connectivity index (χ3v) is 4.67. The summed E-state index contributed by atoms with van der Waals surface area (Å²) < 4.78 is 26.2. The van der Waals surface area contributed by atoms with Crippen LogP contribution in [0, 0.1) is 11.6 Å². The Morgan fingerprint density at radius 2 is 2.00 bits per heavy atom. The van der Waals surface area contributed by atoms with Gasteiger partial charge in [-0.2, -0.15) is 11.8 Å². The lowest BCUT2D eigenvalue weighted by atomic mass is 10.1. The minimum absolute atomic E-state index is 0.346. The van der Waals surface area contributed by atoms with Crippen molar-refractivity contribution in [3.63, 3.8) is 0 Å². The van der Waals surface area contributed by atoms with Crippen LogP contribution in [0.2, 0.25) is 0 Å². The zero-order chi connectivity index (χ0) is 12.3. The van der Waals surface area contributed by atoms with E-state index in [1.165, 1.54) is 37.8 Å². The zero-order valence-corrected chi connectivity index (χ0v) is 10.5. The first-order valence-corrected chi connectivity index (χ1v) is 7.04. The molecule has 1 fully saturated rings. The fourth-order valence-electron chi connectivity index (χ4n) is 2.19. The van der Waals surface area contributed by atoms with Gasteiger partial charge >= 0.3 is 0 Å². The van der Waals surface area contributed by atoms with E-state index in [9.17, 15) is 8.78 Å². The number of nitrogens with two attached hydrogens (primary N) is 1. The van der Waals surface area contributed by atoms with Crippen molar-refractivity contribution in [1.82, 2.24) is 0 Å². The quantitative estimate of drug-likeness (QED) is 0.891. The first-order valence-electron chi connectivity index (χ1n) is 5.99. The Hall–Kier alpha value is -0.610. The van der Waals surface area contributed by atoms with E-state index in [0.717, 1.165) is 6.07 Å². The van der Waals surface area contributed by atoms with Gasteiger partial charge in [0.1, 0.15) is 11.6 Å². The molecule has 2 rings (SSSR count). The lowest BCUT2D eigenvalue weighted by Crippen LogP contribution is -2.16. The molecule has 94 valence electrons. The van der Waals surface area contributed by atoms with E-state index in [0.29, 0.717) is 16.6 Å². The van der Waals surface area contributed by atoms with Gasteiger partial charge in [-0.15, -0.1) is 0 Å². The summed E-state index contributed by atoms with van der Waals surface area (Å²) in [6.07, 6.45) is 5.06. The predicted molar refractivity (Wildman–Crippen MR) is 68.0 cm³/mol. The van der Waals surface area contributed by atoms with Gasteiger partial charge < -0.3 is 5.73 Å². The summed E-state index contributed by atoms with van der Waals surface area (Å²) in [4.78, 5) is 0. The molecule has 1 aliphatic carbocycles. The molecular weight excluding hydrogens is 240 g/mol. The highest BCUT2D eigenvalue weighted by molar-refractivity contribution is 7.99. The van der Waals surface area contributed by atoms with Gasteiger partial charge in [-0.05, 0) is 18.9 Å². The SMILES string of the molecule is NC(CSC1CCCC1)c1ccc(F)cc1F. The van der Waals surface area contributed by atoms with E-state index in [2.05, 4.69) is 0 Å². The number of halogens is 2. The Labute approximate surface area is 105 Å². The Bertz CT molecular complexity index is 378. The average Bonchev–Trinajstić information content (AvgIpc) is 2.78. The van der Waals surface area contributed by atoms with Gasteiger partial charge in [0.05, 0.1) is 0 Å². The summed E-state index contributed by atoms with van der Waals surface area (Å²) in [6.45, 7) is 0. The smallest absolute Gasteiger partial charge is 0.130 e. The Morgan fingerprint density at radius 1 is 1.29 bits per heavy atom. The molecule has 1 aliphatic rings. The van der Waals surface area contributed by atoms with Crippen molar-refractivity contribution in [2.75, 3.05) is 5.75 Å². The van der Waals surface area contributed by atoms with Gasteiger partial charge in [0, 0.05) is 28.7 Å². The van der Waals surface area contributed by atoms with E-state index in [4.69, 9.17) is 5.73 Å². The fourth-order valence-corrected chi connectivity index (χ4v) is 3.51. The Balaban J connectivity index is 1.91. The first-order chi connectivity index (χ1) is 8.16. The number of rotatable bonds is 4. The van der Waals surface area contributed by atoms with Gasteiger partial charge in [0.25, 0.3) is 0 Å². The first kappa shape index (κ1) is 12.8. The molecule has 0 radical (unpaired) electrons. The highest BCUT2D eigenvalue weighted by atomic mass is 32.2. The molecule has 1 saturated carbocycles. The van der Waals surface area contributed by atoms with Crippen LogP contribution in [0.15, 0.2) is 18.2 Å². The molecule has 1 aromatic carbocycles. The molecule has 0 spiro atoms. The lowest BCUT2D eigenvalue weighted by Gasteiger charge is -2.15. The molecular formula is C13H17F2NS. The van der Waals surface area contributed by atoms with Crippen LogP contribution in [0.3, 0.4) is 0 Å². The lowest BCUT2D eigenvalue weighted by molar-refractivity contribution is 0.563. The molecule has 0 aromatic heterocycles. The van der Waals surface area contributed by atoms with Crippen molar-refractivity contribution in [1.29, 1.82) is 0 Å². The summed E-state index contributed by atoms with van der Waals surface area (Å²) in [5.41, 5.74) is 6.35. The molecule has 0 aliphatic heterocycles. The topological polar surface area (TPSA) is 26.0 Å². The minimum atomic E-state index is -0.554. The molecule has 0 saturated heterocycles. The molecule has 0 amide bonds. The molecule has 4 heteroatoms. The standard InChI is InChI=1S/C13H17F2NS/c14-9-5-6-11(12(15)7-9)13(16)8-17-10-3-1-2-4-10/h5-7,10,13H,1-4,8,16H2. The maximum Gasteiger partial charge on any atom is 0.130 e. The molecule has 1 nitrogen and oxygen atoms in total. The summed E-state index contributed by atoms with van der Waals surface area (Å²) in [5, 5.41) is 0.671. The summed E-state index contributed by atoms with van der Waals surface area (Å²) in [6, 6.07) is 3.26. The third kappa shape index (κ3) is 3.42. The molecule has 0 bridgehead atoms. The van der Waals surface area contributed by atoms with Crippen LogP contribution in [-0.2, 0) is 0 Å². The van der Waals surface area contributed by atoms with Crippen molar-refractivity contribution in [3.05, 3.63) is 35.4 Å². The number of hydrogen-bond donors (Lipinski definition) is 1. The molecule has 2 N–H and O–H groups in total. The molecule has 1 atom stereocenters. The molecule has 1 aromatic rings. The molecule has 17 heavy (non-hydrogen) atoms. The average molecular weight is 257 g/mol. The number of hydrogen-bond acceptors (Lipinski definition) is 2. The minimum Gasteiger partial charge on any atom is -0.323 e. The highest BCUT2D eigenvalue weighted by Gasteiger charge is 2.18. The van der Waals surface area contributed by atoms with Gasteiger partial charge in [0.15, 0.2) is 0 Å². The van der Waals surface area contributed by atoms with Gasteiger partial charge in [-0.3, -0.25) is 0 Å². The van der Waals surface area contributed by atoms with Crippen molar-refractivity contribution in [2.45, 2.75) is 37.0 Å². The number of benzene rings is 1. The van der Waals surface area contributed by atoms with Crippen molar-refractivity contribution < 1.29 is 8.78 Å². The van der Waals surface area contributed by atoms with Crippen LogP contribution in [0.4, 0.5) is 8.78 Å². The number of thioether (sulfide) groups is 1. The molecule has 0 heterocycles. The maximum absolute atomic E-state index is 13.5. The van der Waals surface area contributed by atoms with Crippen LogP contribution in [0.25, 0.3) is 0 Å². The third-order valence-electron chi connectivity index (χ3n) is 3.18. The van der Waals surface area contributed by atoms with Crippen molar-refractivity contribution in [3.8, 4) is 0 Å². The van der Waals surface area contributed by atoms with Crippen LogP contribution in [-0.4, -0.2) is 11.0 Å². The molecule has 1 unspecified atom stereocenters. The van der Waals surface area contributed by atoms with Gasteiger partial charge in [0.2, 0.25) is 0 Å². The van der Waals surface area contributed by atoms with E-state index in [1.807, 2.05) is 11.8 Å². The monoisotopic (exact) mass is 257 g/mol. The van der Waals surface area contributed by atoms with Crippen molar-refractivity contribution in [2.24, 2.45) is 5.73 Å². The van der Waals surface area contributed by atoms with E-state index in [1.54, 1.807) is 0 Å². The van der Waals surface area contributed by atoms with Gasteiger partial charge in [-0.1, -0.05) is 18.9 Å². The predicted octanol–water partition coefficient (Wildman–Crippen LogP) is 3.64. The van der Waals surface area contributed by atoms with Crippen LogP contribution in [0.5, 0.6) is 0 Å². The second-order valence-corrected chi connectivity index (χ2v) is 5.85. The van der Waals surface area contributed by atoms with Crippen molar-refractivity contribution >= 4 is 11.8 Å². The largest absolute Gasteiger partial charge is 0.323 e. The fraction of sp³-hybridized carbons (Fsp3) is 0.538. The van der Waals surface area contributed by atoms with Crippen LogP contribution < -0.4 is 5.73 Å². The second-order valence-electron chi connectivity index (χ2n) is 4.51. The van der Waals surface area contributed by atoms with Crippen LogP contribution in [0.1, 0.15) is 37.3 Å².